The Labute approximate surface area is 107 Å². The van der Waals surface area contributed by atoms with Crippen molar-refractivity contribution >= 4 is 17.7 Å². The lowest BCUT2D eigenvalue weighted by atomic mass is 10.1. The number of hydrogen-bond acceptors (Lipinski definition) is 6. The standard InChI is InChI=1S/C12H21NO5/c1-5-17-10(15)7-8(14)6-9(13)11(16)18-12(2,3)4/h9H,5-7,13H2,1-4H3. The number of Topliss-reactive ketones (excluding diaryl/α,β-unsaturated/α-hetero) is 1. The van der Waals surface area contributed by atoms with E-state index in [4.69, 9.17) is 10.5 Å². The van der Waals surface area contributed by atoms with Gasteiger partial charge in [0, 0.05) is 6.42 Å². The minimum absolute atomic E-state index is 0.213. The van der Waals surface area contributed by atoms with E-state index in [1.165, 1.54) is 0 Å². The van der Waals surface area contributed by atoms with Crippen molar-refractivity contribution in [3.63, 3.8) is 0 Å². The summed E-state index contributed by atoms with van der Waals surface area (Å²) in [5.74, 6) is -1.70. The highest BCUT2D eigenvalue weighted by Crippen LogP contribution is 2.09. The van der Waals surface area contributed by atoms with E-state index in [1.807, 2.05) is 0 Å². The number of ether oxygens (including phenoxy) is 2. The van der Waals surface area contributed by atoms with Gasteiger partial charge >= 0.3 is 11.9 Å². The van der Waals surface area contributed by atoms with Crippen LogP contribution in [0.1, 0.15) is 40.5 Å². The van der Waals surface area contributed by atoms with Crippen LogP contribution in [0, 0.1) is 0 Å². The summed E-state index contributed by atoms with van der Waals surface area (Å²) >= 11 is 0. The summed E-state index contributed by atoms with van der Waals surface area (Å²) in [5.41, 5.74) is 4.87. The van der Waals surface area contributed by atoms with Gasteiger partial charge in [0.1, 0.15) is 23.8 Å². The normalized spacial score (nSPS) is 12.7. The van der Waals surface area contributed by atoms with Crippen molar-refractivity contribution in [3.05, 3.63) is 0 Å². The minimum Gasteiger partial charge on any atom is -0.466 e. The Balaban J connectivity index is 4.15. The Bertz CT molecular complexity index is 319. The first-order valence-electron chi connectivity index (χ1n) is 5.81. The van der Waals surface area contributed by atoms with Crippen molar-refractivity contribution in [3.8, 4) is 0 Å². The molecule has 0 saturated heterocycles. The fourth-order valence-electron chi connectivity index (χ4n) is 1.15. The largest absolute Gasteiger partial charge is 0.466 e. The maximum atomic E-state index is 11.5. The highest BCUT2D eigenvalue weighted by molar-refractivity contribution is 5.97. The molecule has 0 rings (SSSR count). The maximum Gasteiger partial charge on any atom is 0.323 e. The van der Waals surface area contributed by atoms with Crippen molar-refractivity contribution < 1.29 is 23.9 Å². The Morgan fingerprint density at radius 1 is 1.22 bits per heavy atom. The molecule has 1 unspecified atom stereocenters. The summed E-state index contributed by atoms with van der Waals surface area (Å²) < 4.78 is 9.64. The number of rotatable bonds is 6. The van der Waals surface area contributed by atoms with Crippen molar-refractivity contribution in [2.24, 2.45) is 5.73 Å². The second kappa shape index (κ2) is 7.10. The molecule has 0 aliphatic carbocycles. The monoisotopic (exact) mass is 259 g/mol. The molecule has 0 aliphatic heterocycles. The molecule has 0 aromatic rings. The van der Waals surface area contributed by atoms with Crippen LogP contribution in [0.3, 0.4) is 0 Å². The van der Waals surface area contributed by atoms with Gasteiger partial charge in [-0.1, -0.05) is 0 Å². The number of carbonyl (C=O) groups is 3. The molecule has 0 amide bonds. The number of esters is 2. The SMILES string of the molecule is CCOC(=O)CC(=O)CC(N)C(=O)OC(C)(C)C. The van der Waals surface area contributed by atoms with Gasteiger partial charge < -0.3 is 15.2 Å². The smallest absolute Gasteiger partial charge is 0.323 e. The highest BCUT2D eigenvalue weighted by atomic mass is 16.6. The molecule has 0 bridgehead atoms. The first kappa shape index (κ1) is 16.6. The number of hydrogen-bond donors (Lipinski definition) is 1. The summed E-state index contributed by atoms with van der Waals surface area (Å²) in [7, 11) is 0. The summed E-state index contributed by atoms with van der Waals surface area (Å²) in [5, 5.41) is 0. The Hall–Kier alpha value is -1.43. The summed E-state index contributed by atoms with van der Waals surface area (Å²) in [4.78, 5) is 33.9. The third-order valence-corrected chi connectivity index (χ3v) is 1.80. The van der Waals surface area contributed by atoms with Gasteiger partial charge in [-0.15, -0.1) is 0 Å². The molecule has 1 atom stereocenters. The van der Waals surface area contributed by atoms with Crippen LogP contribution < -0.4 is 5.73 Å². The first-order valence-corrected chi connectivity index (χ1v) is 5.81. The van der Waals surface area contributed by atoms with Crippen LogP contribution in [0.15, 0.2) is 0 Å². The van der Waals surface area contributed by atoms with Gasteiger partial charge in [0.05, 0.1) is 6.61 Å². The molecule has 0 heterocycles. The van der Waals surface area contributed by atoms with Crippen LogP contribution >= 0.6 is 0 Å². The Morgan fingerprint density at radius 3 is 2.22 bits per heavy atom. The number of ketones is 1. The lowest BCUT2D eigenvalue weighted by Gasteiger charge is -2.21. The van der Waals surface area contributed by atoms with Crippen molar-refractivity contribution in [2.45, 2.75) is 52.2 Å². The van der Waals surface area contributed by atoms with E-state index < -0.39 is 29.4 Å². The average Bonchev–Trinajstić information content (AvgIpc) is 2.14. The van der Waals surface area contributed by atoms with Crippen LogP contribution in [0.5, 0.6) is 0 Å². The molecule has 104 valence electrons. The van der Waals surface area contributed by atoms with Crippen molar-refractivity contribution in [2.75, 3.05) is 6.61 Å². The molecule has 6 heteroatoms. The summed E-state index contributed by atoms with van der Waals surface area (Å²) in [6.45, 7) is 6.98. The van der Waals surface area contributed by atoms with Crippen molar-refractivity contribution in [1.29, 1.82) is 0 Å². The molecule has 18 heavy (non-hydrogen) atoms. The van der Waals surface area contributed by atoms with Crippen LogP contribution in [0.25, 0.3) is 0 Å². The Kier molecular flexibility index (Phi) is 6.54. The van der Waals surface area contributed by atoms with Crippen LogP contribution in [-0.4, -0.2) is 36.0 Å². The molecular weight excluding hydrogens is 238 g/mol. The van der Waals surface area contributed by atoms with E-state index in [1.54, 1.807) is 27.7 Å². The van der Waals surface area contributed by atoms with Gasteiger partial charge in [-0.3, -0.25) is 14.4 Å². The predicted octanol–water partition coefficient (Wildman–Crippen LogP) is 0.568. The van der Waals surface area contributed by atoms with Gasteiger partial charge in [-0.05, 0) is 27.7 Å². The highest BCUT2D eigenvalue weighted by Gasteiger charge is 2.24. The fraction of sp³-hybridized carbons (Fsp3) is 0.750. The molecule has 0 radical (unpaired) electrons. The molecular formula is C12H21NO5. The predicted molar refractivity (Wildman–Crippen MR) is 64.7 cm³/mol. The van der Waals surface area contributed by atoms with Crippen molar-refractivity contribution in [1.82, 2.24) is 0 Å². The van der Waals surface area contributed by atoms with E-state index in [0.717, 1.165) is 0 Å². The van der Waals surface area contributed by atoms with Crippen LogP contribution in [-0.2, 0) is 23.9 Å². The fourth-order valence-corrected chi connectivity index (χ4v) is 1.15. The topological polar surface area (TPSA) is 95.7 Å². The lowest BCUT2D eigenvalue weighted by molar-refractivity contribution is -0.158. The van der Waals surface area contributed by atoms with Gasteiger partial charge in [0.25, 0.3) is 0 Å². The Morgan fingerprint density at radius 2 is 1.78 bits per heavy atom. The second-order valence-electron chi connectivity index (χ2n) is 4.86. The maximum absolute atomic E-state index is 11.5. The third-order valence-electron chi connectivity index (χ3n) is 1.80. The van der Waals surface area contributed by atoms with E-state index in [-0.39, 0.29) is 19.4 Å². The van der Waals surface area contributed by atoms with Gasteiger partial charge in [-0.25, -0.2) is 0 Å². The number of nitrogens with two attached hydrogens (primary N) is 1. The average molecular weight is 259 g/mol. The molecule has 0 aliphatic rings. The van der Waals surface area contributed by atoms with E-state index in [0.29, 0.717) is 0 Å². The van der Waals surface area contributed by atoms with E-state index in [2.05, 4.69) is 4.74 Å². The summed E-state index contributed by atoms with van der Waals surface area (Å²) in [6, 6.07) is -1.05. The quantitative estimate of drug-likeness (QED) is 0.553. The van der Waals surface area contributed by atoms with Crippen LogP contribution in [0.4, 0.5) is 0 Å². The van der Waals surface area contributed by atoms with Crippen LogP contribution in [0.2, 0.25) is 0 Å². The van der Waals surface area contributed by atoms with E-state index >= 15 is 0 Å². The van der Waals surface area contributed by atoms with E-state index in [9.17, 15) is 14.4 Å². The minimum atomic E-state index is -1.05. The third kappa shape index (κ3) is 7.78. The molecule has 0 spiro atoms. The zero-order valence-electron chi connectivity index (χ0n) is 11.3. The molecule has 6 nitrogen and oxygen atoms in total. The first-order chi connectivity index (χ1) is 8.15. The zero-order valence-corrected chi connectivity index (χ0v) is 11.3. The van der Waals surface area contributed by atoms with Gasteiger partial charge in [0.2, 0.25) is 0 Å². The zero-order chi connectivity index (χ0) is 14.3. The molecule has 0 saturated carbocycles. The molecule has 0 aromatic heterocycles. The second-order valence-corrected chi connectivity index (χ2v) is 4.86. The molecule has 2 N–H and O–H groups in total. The lowest BCUT2D eigenvalue weighted by Crippen LogP contribution is -2.39. The van der Waals surface area contributed by atoms with Gasteiger partial charge in [0.15, 0.2) is 0 Å². The number of carbonyl (C=O) groups excluding carboxylic acids is 3. The summed E-state index contributed by atoms with van der Waals surface area (Å²) in [6.07, 6.45) is -0.599. The van der Waals surface area contributed by atoms with Gasteiger partial charge in [-0.2, -0.15) is 0 Å². The molecule has 0 fully saturated rings. The molecule has 0 aromatic carbocycles.